The van der Waals surface area contributed by atoms with Crippen molar-refractivity contribution in [2.24, 2.45) is 7.05 Å². The molecule has 0 spiro atoms. The van der Waals surface area contributed by atoms with Crippen LogP contribution in [0.1, 0.15) is 32.1 Å². The molecule has 0 aliphatic carbocycles. The number of aryl methyl sites for hydroxylation is 1. The zero-order valence-electron chi connectivity index (χ0n) is 14.9. The monoisotopic (exact) mass is 364 g/mol. The lowest BCUT2D eigenvalue weighted by atomic mass is 10.2. The highest BCUT2D eigenvalue weighted by Gasteiger charge is 2.26. The van der Waals surface area contributed by atoms with Crippen molar-refractivity contribution < 1.29 is 9.59 Å². The van der Waals surface area contributed by atoms with Crippen LogP contribution in [-0.4, -0.2) is 37.4 Å². The second kappa shape index (κ2) is 7.06. The third-order valence-corrected chi connectivity index (χ3v) is 4.54. The highest BCUT2D eigenvalue weighted by Crippen LogP contribution is 2.17. The van der Waals surface area contributed by atoms with Crippen LogP contribution in [0.15, 0.2) is 48.8 Å². The van der Waals surface area contributed by atoms with Crippen LogP contribution in [0.3, 0.4) is 0 Å². The van der Waals surface area contributed by atoms with Gasteiger partial charge in [0.25, 0.3) is 11.8 Å². The molecule has 1 atom stereocenters. The van der Waals surface area contributed by atoms with Crippen LogP contribution in [0.25, 0.3) is 0 Å². The molecule has 2 N–H and O–H groups in total. The summed E-state index contributed by atoms with van der Waals surface area (Å²) in [5, 5.41) is 14.2. The van der Waals surface area contributed by atoms with Crippen molar-refractivity contribution in [3.05, 3.63) is 71.3 Å². The Labute approximate surface area is 156 Å². The zero-order valence-corrected chi connectivity index (χ0v) is 14.9. The first kappa shape index (κ1) is 17.0. The van der Waals surface area contributed by atoms with Gasteiger partial charge < -0.3 is 10.6 Å². The Kier molecular flexibility index (Phi) is 4.45. The summed E-state index contributed by atoms with van der Waals surface area (Å²) in [6, 6.07) is 11.5. The van der Waals surface area contributed by atoms with Gasteiger partial charge in [0.15, 0.2) is 0 Å². The van der Waals surface area contributed by atoms with Crippen molar-refractivity contribution in [1.82, 2.24) is 30.2 Å². The molecule has 8 heteroatoms. The van der Waals surface area contributed by atoms with E-state index in [1.54, 1.807) is 28.7 Å². The lowest BCUT2D eigenvalue weighted by molar-refractivity contribution is 0.0927. The molecular weight excluding hydrogens is 344 g/mol. The minimum absolute atomic E-state index is 0.0402. The Hall–Kier alpha value is -3.42. The van der Waals surface area contributed by atoms with Gasteiger partial charge in [-0.2, -0.15) is 10.2 Å². The molecule has 0 unspecified atom stereocenters. The van der Waals surface area contributed by atoms with E-state index < -0.39 is 0 Å². The Balaban J connectivity index is 1.33. The van der Waals surface area contributed by atoms with Gasteiger partial charge >= 0.3 is 0 Å². The Morgan fingerprint density at radius 1 is 1.22 bits per heavy atom. The first-order valence-corrected chi connectivity index (χ1v) is 8.77. The molecule has 0 radical (unpaired) electrons. The van der Waals surface area contributed by atoms with E-state index in [1.807, 2.05) is 30.3 Å². The molecule has 1 aliphatic rings. The number of carbonyl (C=O) groups excluding carboxylic acids is 2. The largest absolute Gasteiger partial charge is 0.347 e. The highest BCUT2D eigenvalue weighted by molar-refractivity contribution is 5.94. The number of rotatable bonds is 5. The minimum atomic E-state index is -0.198. The van der Waals surface area contributed by atoms with Gasteiger partial charge in [-0.25, -0.2) is 0 Å². The standard InChI is InChI=1S/C19H20N6O2/c1-24-11-14(10-21-24)18(26)22-15-7-16-8-17(23-25(16)12-15)19(27)20-9-13-5-3-2-4-6-13/h2-6,8,10-11,15H,7,9,12H2,1H3,(H,20,27)(H,22,26)/t15-/m0/s1. The average Bonchev–Trinajstić information content (AvgIpc) is 3.35. The number of nitrogens with one attached hydrogen (secondary N) is 2. The first-order valence-electron chi connectivity index (χ1n) is 8.77. The summed E-state index contributed by atoms with van der Waals surface area (Å²) in [6.45, 7) is 1.01. The van der Waals surface area contributed by atoms with E-state index >= 15 is 0 Å². The number of hydrogen-bond donors (Lipinski definition) is 2. The SMILES string of the molecule is Cn1cc(C(=O)N[C@H]2Cc3cc(C(=O)NCc4ccccc4)nn3C2)cn1. The summed E-state index contributed by atoms with van der Waals surface area (Å²) >= 11 is 0. The second-order valence-corrected chi connectivity index (χ2v) is 6.65. The van der Waals surface area contributed by atoms with E-state index in [9.17, 15) is 9.59 Å². The highest BCUT2D eigenvalue weighted by atomic mass is 16.2. The lowest BCUT2D eigenvalue weighted by Crippen LogP contribution is -2.36. The van der Waals surface area contributed by atoms with E-state index in [0.717, 1.165) is 11.3 Å². The van der Waals surface area contributed by atoms with Crippen molar-refractivity contribution in [3.8, 4) is 0 Å². The Morgan fingerprint density at radius 2 is 2.04 bits per heavy atom. The van der Waals surface area contributed by atoms with Crippen molar-refractivity contribution in [3.63, 3.8) is 0 Å². The number of carbonyl (C=O) groups is 2. The topological polar surface area (TPSA) is 93.8 Å². The number of hydrogen-bond acceptors (Lipinski definition) is 4. The lowest BCUT2D eigenvalue weighted by Gasteiger charge is -2.10. The van der Waals surface area contributed by atoms with Crippen LogP contribution in [-0.2, 0) is 26.6 Å². The predicted molar refractivity (Wildman–Crippen MR) is 98.0 cm³/mol. The molecule has 1 aromatic carbocycles. The molecule has 8 nitrogen and oxygen atoms in total. The zero-order chi connectivity index (χ0) is 18.8. The molecular formula is C19H20N6O2. The second-order valence-electron chi connectivity index (χ2n) is 6.65. The molecule has 0 saturated heterocycles. The van der Waals surface area contributed by atoms with Crippen molar-refractivity contribution in [1.29, 1.82) is 0 Å². The van der Waals surface area contributed by atoms with E-state index in [0.29, 0.717) is 30.8 Å². The Morgan fingerprint density at radius 3 is 2.74 bits per heavy atom. The number of aromatic nitrogens is 4. The number of fused-ring (bicyclic) bond motifs is 1. The molecule has 0 saturated carbocycles. The molecule has 4 rings (SSSR count). The molecule has 0 fully saturated rings. The fourth-order valence-corrected chi connectivity index (χ4v) is 3.19. The van der Waals surface area contributed by atoms with Crippen LogP contribution in [0, 0.1) is 0 Å². The van der Waals surface area contributed by atoms with Gasteiger partial charge in [0.05, 0.1) is 24.3 Å². The molecule has 138 valence electrons. The predicted octanol–water partition coefficient (Wildman–Crippen LogP) is 0.901. The summed E-state index contributed by atoms with van der Waals surface area (Å²) in [6.07, 6.45) is 3.86. The molecule has 27 heavy (non-hydrogen) atoms. The van der Waals surface area contributed by atoms with Crippen LogP contribution >= 0.6 is 0 Å². The van der Waals surface area contributed by atoms with Crippen molar-refractivity contribution in [2.45, 2.75) is 25.6 Å². The minimum Gasteiger partial charge on any atom is -0.347 e. The van der Waals surface area contributed by atoms with E-state index in [2.05, 4.69) is 20.8 Å². The smallest absolute Gasteiger partial charge is 0.272 e. The van der Waals surface area contributed by atoms with E-state index in [1.165, 1.54) is 6.20 Å². The van der Waals surface area contributed by atoms with Crippen LogP contribution < -0.4 is 10.6 Å². The van der Waals surface area contributed by atoms with E-state index in [-0.39, 0.29) is 17.9 Å². The van der Waals surface area contributed by atoms with Crippen LogP contribution in [0.2, 0.25) is 0 Å². The van der Waals surface area contributed by atoms with Crippen LogP contribution in [0.4, 0.5) is 0 Å². The molecule has 3 aromatic rings. The number of amides is 2. The first-order chi connectivity index (χ1) is 13.1. The van der Waals surface area contributed by atoms with Gasteiger partial charge in [0.1, 0.15) is 5.69 Å². The molecule has 3 heterocycles. The fourth-order valence-electron chi connectivity index (χ4n) is 3.19. The quantitative estimate of drug-likeness (QED) is 0.703. The molecule has 2 aromatic heterocycles. The summed E-state index contributed by atoms with van der Waals surface area (Å²) in [5.41, 5.74) is 2.91. The molecule has 1 aliphatic heterocycles. The normalized spacial score (nSPS) is 15.4. The van der Waals surface area contributed by atoms with Gasteiger partial charge in [0.2, 0.25) is 0 Å². The summed E-state index contributed by atoms with van der Waals surface area (Å²) in [5.74, 6) is -0.351. The summed E-state index contributed by atoms with van der Waals surface area (Å²) < 4.78 is 3.38. The maximum Gasteiger partial charge on any atom is 0.272 e. The Bertz CT molecular complexity index is 952. The maximum absolute atomic E-state index is 12.3. The van der Waals surface area contributed by atoms with Gasteiger partial charge in [-0.05, 0) is 11.6 Å². The van der Waals surface area contributed by atoms with Gasteiger partial charge in [-0.15, -0.1) is 0 Å². The third kappa shape index (κ3) is 3.74. The average molecular weight is 364 g/mol. The number of benzene rings is 1. The van der Waals surface area contributed by atoms with Gasteiger partial charge in [0, 0.05) is 31.9 Å². The third-order valence-electron chi connectivity index (χ3n) is 4.54. The summed E-state index contributed by atoms with van der Waals surface area (Å²) in [4.78, 5) is 24.5. The van der Waals surface area contributed by atoms with Gasteiger partial charge in [-0.1, -0.05) is 30.3 Å². The van der Waals surface area contributed by atoms with Crippen molar-refractivity contribution >= 4 is 11.8 Å². The van der Waals surface area contributed by atoms with Crippen molar-refractivity contribution in [2.75, 3.05) is 0 Å². The molecule has 2 amide bonds. The number of nitrogens with zero attached hydrogens (tertiary/aromatic N) is 4. The fraction of sp³-hybridized carbons (Fsp3) is 0.263. The van der Waals surface area contributed by atoms with Crippen LogP contribution in [0.5, 0.6) is 0 Å². The van der Waals surface area contributed by atoms with Gasteiger partial charge in [-0.3, -0.25) is 19.0 Å². The molecule has 0 bridgehead atoms. The van der Waals surface area contributed by atoms with E-state index in [4.69, 9.17) is 0 Å². The maximum atomic E-state index is 12.3. The summed E-state index contributed by atoms with van der Waals surface area (Å²) in [7, 11) is 1.77.